The Morgan fingerprint density at radius 2 is 1.95 bits per heavy atom. The fourth-order valence-electron chi connectivity index (χ4n) is 2.37. The van der Waals surface area contributed by atoms with Gasteiger partial charge in [0.2, 0.25) is 5.91 Å². The lowest BCUT2D eigenvalue weighted by Gasteiger charge is -2.22. The van der Waals surface area contributed by atoms with Gasteiger partial charge < -0.3 is 9.80 Å². The molecule has 4 nitrogen and oxygen atoms in total. The van der Waals surface area contributed by atoms with Gasteiger partial charge in [-0.1, -0.05) is 22.0 Å². The molecule has 1 heterocycles. The van der Waals surface area contributed by atoms with Gasteiger partial charge in [-0.3, -0.25) is 9.59 Å². The van der Waals surface area contributed by atoms with Crippen molar-refractivity contribution in [2.75, 3.05) is 26.7 Å². The lowest BCUT2D eigenvalue weighted by Crippen LogP contribution is -2.40. The summed E-state index contributed by atoms with van der Waals surface area (Å²) in [7, 11) is 1.68. The highest BCUT2D eigenvalue weighted by Crippen LogP contribution is 2.17. The van der Waals surface area contributed by atoms with Crippen molar-refractivity contribution >= 4 is 27.7 Å². The second-order valence-electron chi connectivity index (χ2n) is 5.21. The molecule has 0 N–H and O–H groups in total. The van der Waals surface area contributed by atoms with Crippen LogP contribution in [-0.4, -0.2) is 48.3 Å². The summed E-state index contributed by atoms with van der Waals surface area (Å²) in [5.41, 5.74) is 1.55. The molecule has 0 aliphatic carbocycles. The number of aryl methyl sites for hydroxylation is 1. The summed E-state index contributed by atoms with van der Waals surface area (Å²) in [6.45, 7) is 3.67. The Kier molecular flexibility index (Phi) is 4.81. The molecule has 1 aromatic rings. The number of nitrogens with zero attached hydrogens (tertiary/aromatic N) is 2. The van der Waals surface area contributed by atoms with E-state index in [-0.39, 0.29) is 18.4 Å². The maximum Gasteiger partial charge on any atom is 0.254 e. The number of likely N-dealkylation sites (tertiary alicyclic amines) is 1. The summed E-state index contributed by atoms with van der Waals surface area (Å²) in [6.07, 6.45) is 2.13. The van der Waals surface area contributed by atoms with Gasteiger partial charge in [-0.2, -0.15) is 0 Å². The van der Waals surface area contributed by atoms with E-state index >= 15 is 0 Å². The van der Waals surface area contributed by atoms with Crippen LogP contribution < -0.4 is 0 Å². The number of amides is 2. The number of likely N-dealkylation sites (N-methyl/N-ethyl adjacent to an activating group) is 1. The molecule has 1 saturated heterocycles. The zero-order valence-corrected chi connectivity index (χ0v) is 13.4. The molecule has 1 aliphatic rings. The topological polar surface area (TPSA) is 40.6 Å². The van der Waals surface area contributed by atoms with Crippen molar-refractivity contribution in [3.63, 3.8) is 0 Å². The number of hydrogen-bond donors (Lipinski definition) is 0. The van der Waals surface area contributed by atoms with E-state index in [4.69, 9.17) is 0 Å². The van der Waals surface area contributed by atoms with Gasteiger partial charge in [0.15, 0.2) is 0 Å². The third-order valence-electron chi connectivity index (χ3n) is 3.61. The zero-order chi connectivity index (χ0) is 14.7. The van der Waals surface area contributed by atoms with Crippen molar-refractivity contribution in [1.29, 1.82) is 0 Å². The van der Waals surface area contributed by atoms with Crippen LogP contribution in [0.1, 0.15) is 28.8 Å². The van der Waals surface area contributed by atoms with Gasteiger partial charge in [-0.25, -0.2) is 0 Å². The first-order valence-electron chi connectivity index (χ1n) is 6.78. The smallest absolute Gasteiger partial charge is 0.254 e. The van der Waals surface area contributed by atoms with Crippen molar-refractivity contribution in [1.82, 2.24) is 9.80 Å². The average Bonchev–Trinajstić information content (AvgIpc) is 2.94. The van der Waals surface area contributed by atoms with Crippen LogP contribution in [0.5, 0.6) is 0 Å². The normalized spacial score (nSPS) is 14.4. The van der Waals surface area contributed by atoms with Crippen molar-refractivity contribution in [2.45, 2.75) is 19.8 Å². The van der Waals surface area contributed by atoms with E-state index in [1.54, 1.807) is 13.1 Å². The van der Waals surface area contributed by atoms with Crippen LogP contribution in [0.25, 0.3) is 0 Å². The molecule has 2 rings (SSSR count). The molecule has 0 aromatic heterocycles. The number of benzene rings is 1. The van der Waals surface area contributed by atoms with E-state index in [9.17, 15) is 9.59 Å². The predicted molar refractivity (Wildman–Crippen MR) is 81.7 cm³/mol. The molecule has 0 spiro atoms. The largest absolute Gasteiger partial charge is 0.341 e. The Balaban J connectivity index is 2.04. The molecule has 1 aliphatic heterocycles. The number of halogens is 1. The predicted octanol–water partition coefficient (Wildman–Crippen LogP) is 2.45. The van der Waals surface area contributed by atoms with E-state index in [1.165, 1.54) is 4.90 Å². The highest BCUT2D eigenvalue weighted by molar-refractivity contribution is 9.10. The molecule has 2 amide bonds. The molecule has 108 valence electrons. The van der Waals surface area contributed by atoms with Crippen molar-refractivity contribution in [2.24, 2.45) is 0 Å². The quantitative estimate of drug-likeness (QED) is 0.849. The Labute approximate surface area is 127 Å². The molecule has 0 unspecified atom stereocenters. The fourth-order valence-corrected chi connectivity index (χ4v) is 2.73. The first-order valence-corrected chi connectivity index (χ1v) is 7.57. The lowest BCUT2D eigenvalue weighted by atomic mass is 10.1. The van der Waals surface area contributed by atoms with Crippen LogP contribution in [0.4, 0.5) is 0 Å². The highest BCUT2D eigenvalue weighted by atomic mass is 79.9. The minimum absolute atomic E-state index is 0.0333. The van der Waals surface area contributed by atoms with Crippen LogP contribution in [0.15, 0.2) is 22.7 Å². The Hall–Kier alpha value is -1.36. The summed E-state index contributed by atoms with van der Waals surface area (Å²) >= 11 is 3.37. The third kappa shape index (κ3) is 3.39. The molecule has 1 fully saturated rings. The summed E-state index contributed by atoms with van der Waals surface area (Å²) in [5.74, 6) is -0.0812. The first kappa shape index (κ1) is 15.0. The van der Waals surface area contributed by atoms with Gasteiger partial charge in [0, 0.05) is 30.2 Å². The molecular formula is C15H19BrN2O2. The molecule has 5 heteroatoms. The van der Waals surface area contributed by atoms with Crippen LogP contribution >= 0.6 is 15.9 Å². The number of carbonyl (C=O) groups excluding carboxylic acids is 2. The van der Waals surface area contributed by atoms with Gasteiger partial charge in [0.25, 0.3) is 5.91 Å². The Bertz CT molecular complexity index is 525. The molecule has 20 heavy (non-hydrogen) atoms. The number of hydrogen-bond acceptors (Lipinski definition) is 2. The maximum absolute atomic E-state index is 12.4. The highest BCUT2D eigenvalue weighted by Gasteiger charge is 2.22. The van der Waals surface area contributed by atoms with E-state index in [1.807, 2.05) is 24.0 Å². The van der Waals surface area contributed by atoms with Crippen molar-refractivity contribution < 1.29 is 9.59 Å². The monoisotopic (exact) mass is 338 g/mol. The molecule has 0 radical (unpaired) electrons. The standard InChI is InChI=1S/C15H19BrN2O2/c1-11-5-6-12(16)9-13(11)15(20)17(2)10-14(19)18-7-3-4-8-18/h5-6,9H,3-4,7-8,10H2,1-2H3. The maximum atomic E-state index is 12.4. The van der Waals surface area contributed by atoms with Gasteiger partial charge in [0.05, 0.1) is 6.54 Å². The number of carbonyl (C=O) groups is 2. The Morgan fingerprint density at radius 1 is 1.30 bits per heavy atom. The van der Waals surface area contributed by atoms with Gasteiger partial charge >= 0.3 is 0 Å². The average molecular weight is 339 g/mol. The van der Waals surface area contributed by atoms with E-state index < -0.39 is 0 Å². The second kappa shape index (κ2) is 6.39. The molecule has 0 saturated carbocycles. The van der Waals surface area contributed by atoms with Gasteiger partial charge in [0.1, 0.15) is 0 Å². The summed E-state index contributed by atoms with van der Waals surface area (Å²) in [4.78, 5) is 27.8. The molecule has 1 aromatic carbocycles. The SMILES string of the molecule is Cc1ccc(Br)cc1C(=O)N(C)CC(=O)N1CCCC1. The molecule has 0 bridgehead atoms. The lowest BCUT2D eigenvalue weighted by molar-refractivity contribution is -0.130. The van der Waals surface area contributed by atoms with Gasteiger partial charge in [-0.15, -0.1) is 0 Å². The minimum atomic E-state index is -0.114. The summed E-state index contributed by atoms with van der Waals surface area (Å²) in [5, 5.41) is 0. The van der Waals surface area contributed by atoms with Crippen LogP contribution in [0.2, 0.25) is 0 Å². The van der Waals surface area contributed by atoms with Crippen LogP contribution in [0, 0.1) is 6.92 Å². The summed E-state index contributed by atoms with van der Waals surface area (Å²) in [6, 6.07) is 5.60. The van der Waals surface area contributed by atoms with Crippen molar-refractivity contribution in [3.8, 4) is 0 Å². The number of rotatable bonds is 3. The third-order valence-corrected chi connectivity index (χ3v) is 4.10. The van der Waals surface area contributed by atoms with Gasteiger partial charge in [-0.05, 0) is 37.5 Å². The van der Waals surface area contributed by atoms with E-state index in [2.05, 4.69) is 15.9 Å². The molecular weight excluding hydrogens is 320 g/mol. The second-order valence-corrected chi connectivity index (χ2v) is 6.12. The molecule has 0 atom stereocenters. The first-order chi connectivity index (χ1) is 9.49. The Morgan fingerprint density at radius 3 is 2.60 bits per heavy atom. The van der Waals surface area contributed by atoms with E-state index in [0.717, 1.165) is 36.0 Å². The van der Waals surface area contributed by atoms with Crippen LogP contribution in [0.3, 0.4) is 0 Å². The fraction of sp³-hybridized carbons (Fsp3) is 0.467. The zero-order valence-electron chi connectivity index (χ0n) is 11.9. The minimum Gasteiger partial charge on any atom is -0.341 e. The van der Waals surface area contributed by atoms with Crippen molar-refractivity contribution in [3.05, 3.63) is 33.8 Å². The summed E-state index contributed by atoms with van der Waals surface area (Å²) < 4.78 is 0.866. The van der Waals surface area contributed by atoms with E-state index in [0.29, 0.717) is 5.56 Å². The van der Waals surface area contributed by atoms with Crippen LogP contribution in [-0.2, 0) is 4.79 Å².